The lowest BCUT2D eigenvalue weighted by Crippen LogP contribution is -2.54. The molecular formula is C19H21Cl2FN4O2S2. The molecule has 2 aromatic heterocycles. The summed E-state index contributed by atoms with van der Waals surface area (Å²) >= 11 is 13.5. The third-order valence-electron chi connectivity index (χ3n) is 5.13. The van der Waals surface area contributed by atoms with Gasteiger partial charge >= 0.3 is 0 Å². The zero-order valence-electron chi connectivity index (χ0n) is 16.6. The maximum atomic E-state index is 13.2. The van der Waals surface area contributed by atoms with E-state index in [4.69, 9.17) is 28.9 Å². The van der Waals surface area contributed by atoms with Crippen LogP contribution in [0.4, 0.5) is 4.39 Å². The lowest BCUT2D eigenvalue weighted by atomic mass is 10.0. The van der Waals surface area contributed by atoms with Gasteiger partial charge in [0.2, 0.25) is 0 Å². The Balaban J connectivity index is 1.86. The molecule has 3 rings (SSSR count). The van der Waals surface area contributed by atoms with E-state index >= 15 is 0 Å². The van der Waals surface area contributed by atoms with Crippen LogP contribution in [0.15, 0.2) is 23.3 Å². The van der Waals surface area contributed by atoms with Gasteiger partial charge in [-0.25, -0.2) is 4.39 Å². The molecule has 6 nitrogen and oxygen atoms in total. The predicted molar refractivity (Wildman–Crippen MR) is 123 cm³/mol. The number of amides is 1. The number of carbonyl (C=O) groups excluding carboxylic acids is 1. The SMILES string of the molecule is C=S1(=O)C[C@@](C)(c2sc(C(=O)NCc3ncc(F)cc3Cl)cc2Cl)N=C(N)C1(C)C. The molecule has 0 saturated carbocycles. The zero-order valence-corrected chi connectivity index (χ0v) is 19.7. The number of nitrogens with two attached hydrogens (primary N) is 1. The number of aromatic nitrogens is 1. The van der Waals surface area contributed by atoms with E-state index in [2.05, 4.69) is 21.2 Å². The molecule has 0 aromatic carbocycles. The van der Waals surface area contributed by atoms with Crippen LogP contribution in [0.25, 0.3) is 0 Å². The highest BCUT2D eigenvalue weighted by Gasteiger charge is 2.46. The van der Waals surface area contributed by atoms with Crippen molar-refractivity contribution in [1.29, 1.82) is 0 Å². The number of carbonyl (C=O) groups is 1. The largest absolute Gasteiger partial charge is 0.386 e. The summed E-state index contributed by atoms with van der Waals surface area (Å²) in [5, 5.41) is 3.13. The average molecular weight is 491 g/mol. The van der Waals surface area contributed by atoms with Crippen LogP contribution in [0.1, 0.15) is 41.0 Å². The zero-order chi connectivity index (χ0) is 22.5. The molecule has 0 fully saturated rings. The standard InChI is InChI=1S/C19H21Cl2FN4O2S2/c1-18(2)17(23)26-19(3,9-30(18,4)28)15-12(21)6-14(29-15)16(27)25-8-13-11(20)5-10(22)7-24-13/h5-7H,4,8-9H2,1-3H3,(H2,23,26)(H,25,27)/t19-,30?/m0/s1. The van der Waals surface area contributed by atoms with Crippen molar-refractivity contribution in [3.63, 3.8) is 0 Å². The van der Waals surface area contributed by atoms with Crippen LogP contribution in [0.5, 0.6) is 0 Å². The molecule has 3 heterocycles. The van der Waals surface area contributed by atoms with Gasteiger partial charge in [-0.3, -0.25) is 19.0 Å². The van der Waals surface area contributed by atoms with Crippen molar-refractivity contribution in [3.05, 3.63) is 49.6 Å². The van der Waals surface area contributed by atoms with Gasteiger partial charge in [0.05, 0.1) is 43.0 Å². The summed E-state index contributed by atoms with van der Waals surface area (Å²) in [4.78, 5) is 22.0. The number of hydrogen-bond acceptors (Lipinski definition) is 6. The van der Waals surface area contributed by atoms with E-state index in [1.807, 2.05) is 0 Å². The molecule has 0 spiro atoms. The number of halogens is 3. The Bertz CT molecular complexity index is 1160. The summed E-state index contributed by atoms with van der Waals surface area (Å²) in [5.74, 6) is 3.34. The number of nitrogens with one attached hydrogen (secondary N) is 1. The fraction of sp³-hybridized carbons (Fsp3) is 0.368. The molecule has 1 amide bonds. The summed E-state index contributed by atoms with van der Waals surface area (Å²) in [7, 11) is -2.61. The van der Waals surface area contributed by atoms with Crippen LogP contribution in [-0.2, 0) is 21.6 Å². The highest BCUT2D eigenvalue weighted by molar-refractivity contribution is 8.02. The van der Waals surface area contributed by atoms with E-state index in [1.165, 1.54) is 6.07 Å². The Labute approximate surface area is 188 Å². The number of hydrogen-bond donors (Lipinski definition) is 2. The number of rotatable bonds is 4. The Morgan fingerprint density at radius 1 is 1.37 bits per heavy atom. The maximum absolute atomic E-state index is 13.2. The number of amidine groups is 1. The summed E-state index contributed by atoms with van der Waals surface area (Å²) in [6.07, 6.45) is 1.03. The molecule has 0 saturated heterocycles. The van der Waals surface area contributed by atoms with Gasteiger partial charge in [0.1, 0.15) is 17.2 Å². The van der Waals surface area contributed by atoms with Crippen LogP contribution in [-0.4, -0.2) is 37.3 Å². The molecule has 0 radical (unpaired) electrons. The lowest BCUT2D eigenvalue weighted by molar-refractivity contribution is 0.0954. The molecule has 1 aliphatic rings. The Hall–Kier alpha value is -1.68. The number of pyridine rings is 1. The van der Waals surface area contributed by atoms with Crippen LogP contribution < -0.4 is 11.1 Å². The number of nitrogens with zero attached hydrogens (tertiary/aromatic N) is 2. The van der Waals surface area contributed by atoms with E-state index in [-0.39, 0.29) is 23.2 Å². The van der Waals surface area contributed by atoms with Crippen molar-refractivity contribution in [1.82, 2.24) is 10.3 Å². The predicted octanol–water partition coefficient (Wildman–Crippen LogP) is 3.60. The second kappa shape index (κ2) is 7.78. The van der Waals surface area contributed by atoms with Crippen LogP contribution in [0.3, 0.4) is 0 Å². The monoisotopic (exact) mass is 490 g/mol. The van der Waals surface area contributed by atoms with Gasteiger partial charge in [0.25, 0.3) is 5.91 Å². The summed E-state index contributed by atoms with van der Waals surface area (Å²) in [5.41, 5.74) is 5.50. The molecule has 1 aliphatic heterocycles. The number of thiophene rings is 1. The minimum Gasteiger partial charge on any atom is -0.386 e. The van der Waals surface area contributed by atoms with Crippen molar-refractivity contribution in [2.24, 2.45) is 10.7 Å². The lowest BCUT2D eigenvalue weighted by Gasteiger charge is -2.40. The molecule has 2 atom stereocenters. The Kier molecular flexibility index (Phi) is 5.96. The molecule has 162 valence electrons. The first kappa shape index (κ1) is 23.0. The van der Waals surface area contributed by atoms with Crippen molar-refractivity contribution >= 4 is 61.7 Å². The van der Waals surface area contributed by atoms with E-state index in [1.54, 1.807) is 20.8 Å². The average Bonchev–Trinajstić information content (AvgIpc) is 3.01. The van der Waals surface area contributed by atoms with Gasteiger partial charge in [0, 0.05) is 5.75 Å². The normalized spacial score (nSPS) is 25.6. The summed E-state index contributed by atoms with van der Waals surface area (Å²) in [6, 6.07) is 2.65. The van der Waals surface area contributed by atoms with E-state index in [9.17, 15) is 13.4 Å². The van der Waals surface area contributed by atoms with Gasteiger partial charge in [-0.1, -0.05) is 23.2 Å². The fourth-order valence-electron chi connectivity index (χ4n) is 3.05. The Morgan fingerprint density at radius 3 is 2.63 bits per heavy atom. The van der Waals surface area contributed by atoms with E-state index in [0.29, 0.717) is 20.5 Å². The highest BCUT2D eigenvalue weighted by atomic mass is 35.5. The molecule has 3 N–H and O–H groups in total. The molecule has 11 heteroatoms. The second-order valence-corrected chi connectivity index (χ2v) is 12.6. The summed E-state index contributed by atoms with van der Waals surface area (Å²) < 4.78 is 25.5. The van der Waals surface area contributed by atoms with E-state index in [0.717, 1.165) is 23.6 Å². The first-order valence-corrected chi connectivity index (χ1v) is 12.3. The van der Waals surface area contributed by atoms with E-state index < -0.39 is 31.5 Å². The quantitative estimate of drug-likeness (QED) is 0.639. The molecule has 1 unspecified atom stereocenters. The first-order chi connectivity index (χ1) is 13.8. The van der Waals surface area contributed by atoms with Crippen LogP contribution >= 0.6 is 34.5 Å². The first-order valence-electron chi connectivity index (χ1n) is 8.85. The maximum Gasteiger partial charge on any atom is 0.261 e. The minimum absolute atomic E-state index is 0.0199. The second-order valence-electron chi connectivity index (χ2n) is 7.79. The van der Waals surface area contributed by atoms with Gasteiger partial charge in [0.15, 0.2) is 0 Å². The van der Waals surface area contributed by atoms with Crippen molar-refractivity contribution in [2.45, 2.75) is 37.6 Å². The van der Waals surface area contributed by atoms with Gasteiger partial charge in [-0.05, 0) is 48.3 Å². The van der Waals surface area contributed by atoms with Crippen molar-refractivity contribution < 1.29 is 13.4 Å². The van der Waals surface area contributed by atoms with Crippen LogP contribution in [0.2, 0.25) is 10.0 Å². The van der Waals surface area contributed by atoms with Gasteiger partial charge < -0.3 is 11.1 Å². The molecular weight excluding hydrogens is 470 g/mol. The molecule has 0 aliphatic carbocycles. The number of aliphatic imine (C=N–C) groups is 1. The molecule has 30 heavy (non-hydrogen) atoms. The fourth-order valence-corrected chi connectivity index (χ4v) is 6.81. The molecule has 0 bridgehead atoms. The van der Waals surface area contributed by atoms with Crippen molar-refractivity contribution in [3.8, 4) is 0 Å². The summed E-state index contributed by atoms with van der Waals surface area (Å²) in [6.45, 7) is 5.31. The topological polar surface area (TPSA) is 97.4 Å². The van der Waals surface area contributed by atoms with Gasteiger partial charge in [-0.15, -0.1) is 11.3 Å². The smallest absolute Gasteiger partial charge is 0.261 e. The molecule has 2 aromatic rings. The van der Waals surface area contributed by atoms with Crippen molar-refractivity contribution in [2.75, 3.05) is 5.75 Å². The Morgan fingerprint density at radius 2 is 2.03 bits per heavy atom. The highest BCUT2D eigenvalue weighted by Crippen LogP contribution is 2.43. The minimum atomic E-state index is -2.61. The third-order valence-corrected chi connectivity index (χ3v) is 10.4. The van der Waals surface area contributed by atoms with Gasteiger partial charge in [-0.2, -0.15) is 0 Å². The third kappa shape index (κ3) is 4.08. The van der Waals surface area contributed by atoms with Crippen LogP contribution in [0, 0.1) is 5.82 Å².